The van der Waals surface area contributed by atoms with E-state index in [9.17, 15) is 9.59 Å². The Labute approximate surface area is 138 Å². The Morgan fingerprint density at radius 2 is 1.74 bits per heavy atom. The normalized spacial score (nSPS) is 16.6. The summed E-state index contributed by atoms with van der Waals surface area (Å²) < 4.78 is 5.38. The maximum Gasteiger partial charge on any atom is 0.410 e. The number of likely N-dealkylation sites (tertiary alicyclic amines) is 1. The van der Waals surface area contributed by atoms with Gasteiger partial charge in [-0.05, 0) is 45.6 Å². The first-order valence-electron chi connectivity index (χ1n) is 8.11. The van der Waals surface area contributed by atoms with Crippen LogP contribution in [0.2, 0.25) is 0 Å². The minimum Gasteiger partial charge on any atom is -0.444 e. The summed E-state index contributed by atoms with van der Waals surface area (Å²) in [6, 6.07) is 9.25. The molecule has 0 saturated carbocycles. The van der Waals surface area contributed by atoms with Crippen molar-refractivity contribution in [2.45, 2.75) is 39.2 Å². The Kier molecular flexibility index (Phi) is 5.59. The van der Waals surface area contributed by atoms with Crippen LogP contribution in [0.4, 0.5) is 4.79 Å². The first kappa shape index (κ1) is 17.3. The van der Waals surface area contributed by atoms with Crippen molar-refractivity contribution in [2.75, 3.05) is 13.1 Å². The Balaban J connectivity index is 1.82. The van der Waals surface area contributed by atoms with E-state index < -0.39 is 5.60 Å². The Bertz CT molecular complexity index is 564. The molecule has 0 unspecified atom stereocenters. The molecule has 1 amide bonds. The number of benzene rings is 1. The predicted molar refractivity (Wildman–Crippen MR) is 90.4 cm³/mol. The fourth-order valence-electron chi connectivity index (χ4n) is 2.52. The molecule has 4 heteroatoms. The van der Waals surface area contributed by atoms with Crippen LogP contribution in [-0.4, -0.2) is 35.5 Å². The molecular formula is C19H25NO3. The highest BCUT2D eigenvalue weighted by Crippen LogP contribution is 2.21. The summed E-state index contributed by atoms with van der Waals surface area (Å²) in [6.07, 6.45) is 5.10. The standard InChI is InChI=1S/C19H25NO3/c1-19(2,3)23-18(22)20-13-11-15(12-14-20)9-10-17(21)16-7-5-4-6-8-16/h4-10,15H,11-14H2,1-3H3/b10-9+. The molecule has 0 atom stereocenters. The molecule has 1 aliphatic heterocycles. The number of carbonyl (C=O) groups is 2. The number of hydrogen-bond acceptors (Lipinski definition) is 3. The number of carbonyl (C=O) groups excluding carboxylic acids is 2. The average Bonchev–Trinajstić information content (AvgIpc) is 2.52. The van der Waals surface area contributed by atoms with Crippen molar-refractivity contribution >= 4 is 11.9 Å². The van der Waals surface area contributed by atoms with E-state index in [2.05, 4.69) is 0 Å². The number of ether oxygens (including phenoxy) is 1. The molecule has 23 heavy (non-hydrogen) atoms. The van der Waals surface area contributed by atoms with Gasteiger partial charge >= 0.3 is 6.09 Å². The van der Waals surface area contributed by atoms with Gasteiger partial charge in [0.2, 0.25) is 0 Å². The molecule has 2 rings (SSSR count). The lowest BCUT2D eigenvalue weighted by Crippen LogP contribution is -2.41. The van der Waals surface area contributed by atoms with Crippen LogP contribution in [0.3, 0.4) is 0 Å². The highest BCUT2D eigenvalue weighted by molar-refractivity contribution is 6.04. The number of amides is 1. The van der Waals surface area contributed by atoms with Gasteiger partial charge in [0.1, 0.15) is 5.60 Å². The van der Waals surface area contributed by atoms with Crippen molar-refractivity contribution in [1.82, 2.24) is 4.90 Å². The van der Waals surface area contributed by atoms with E-state index in [0.717, 1.165) is 12.8 Å². The largest absolute Gasteiger partial charge is 0.444 e. The third-order valence-electron chi connectivity index (χ3n) is 3.77. The van der Waals surface area contributed by atoms with Crippen molar-refractivity contribution in [3.8, 4) is 0 Å². The van der Waals surface area contributed by atoms with Gasteiger partial charge in [0.15, 0.2) is 5.78 Å². The third-order valence-corrected chi connectivity index (χ3v) is 3.77. The molecule has 1 heterocycles. The Morgan fingerprint density at radius 3 is 2.30 bits per heavy atom. The summed E-state index contributed by atoms with van der Waals surface area (Å²) in [7, 11) is 0. The van der Waals surface area contributed by atoms with E-state index in [1.165, 1.54) is 0 Å². The summed E-state index contributed by atoms with van der Waals surface area (Å²) in [4.78, 5) is 25.8. The van der Waals surface area contributed by atoms with Crippen molar-refractivity contribution in [2.24, 2.45) is 5.92 Å². The summed E-state index contributed by atoms with van der Waals surface area (Å²) >= 11 is 0. The minimum atomic E-state index is -0.462. The molecule has 124 valence electrons. The smallest absolute Gasteiger partial charge is 0.410 e. The van der Waals surface area contributed by atoms with Gasteiger partial charge in [0, 0.05) is 18.7 Å². The van der Waals surface area contributed by atoms with E-state index in [0.29, 0.717) is 24.6 Å². The predicted octanol–water partition coefficient (Wildman–Crippen LogP) is 4.07. The van der Waals surface area contributed by atoms with E-state index in [-0.39, 0.29) is 11.9 Å². The fourth-order valence-corrected chi connectivity index (χ4v) is 2.52. The highest BCUT2D eigenvalue weighted by Gasteiger charge is 2.25. The zero-order valence-electron chi connectivity index (χ0n) is 14.1. The summed E-state index contributed by atoms with van der Waals surface area (Å²) in [5.41, 5.74) is 0.241. The zero-order chi connectivity index (χ0) is 16.9. The Hall–Kier alpha value is -2.10. The number of ketones is 1. The van der Waals surface area contributed by atoms with Gasteiger partial charge in [-0.1, -0.05) is 36.4 Å². The van der Waals surface area contributed by atoms with Crippen LogP contribution in [0.25, 0.3) is 0 Å². The van der Waals surface area contributed by atoms with Crippen LogP contribution in [0.1, 0.15) is 44.0 Å². The van der Waals surface area contributed by atoms with Gasteiger partial charge in [-0.15, -0.1) is 0 Å². The number of nitrogens with zero attached hydrogens (tertiary/aromatic N) is 1. The second kappa shape index (κ2) is 7.44. The first-order valence-corrected chi connectivity index (χ1v) is 8.11. The molecule has 1 aliphatic rings. The van der Waals surface area contributed by atoms with Crippen molar-refractivity contribution in [3.05, 3.63) is 48.0 Å². The molecule has 1 saturated heterocycles. The van der Waals surface area contributed by atoms with Crippen LogP contribution in [0.15, 0.2) is 42.5 Å². The van der Waals surface area contributed by atoms with Gasteiger partial charge in [-0.25, -0.2) is 4.79 Å². The van der Waals surface area contributed by atoms with Crippen LogP contribution >= 0.6 is 0 Å². The maximum atomic E-state index is 12.0. The molecule has 0 bridgehead atoms. The number of allylic oxidation sites excluding steroid dienone is 2. The summed E-state index contributed by atoms with van der Waals surface area (Å²) in [5.74, 6) is 0.363. The highest BCUT2D eigenvalue weighted by atomic mass is 16.6. The molecule has 0 radical (unpaired) electrons. The van der Waals surface area contributed by atoms with E-state index in [4.69, 9.17) is 4.74 Å². The van der Waals surface area contributed by atoms with Gasteiger partial charge < -0.3 is 9.64 Å². The lowest BCUT2D eigenvalue weighted by molar-refractivity contribution is 0.0197. The van der Waals surface area contributed by atoms with E-state index in [1.807, 2.05) is 57.2 Å². The molecule has 1 fully saturated rings. The van der Waals surface area contributed by atoms with Crippen LogP contribution in [0, 0.1) is 5.92 Å². The van der Waals surface area contributed by atoms with Crippen LogP contribution in [-0.2, 0) is 4.74 Å². The summed E-state index contributed by atoms with van der Waals surface area (Å²) in [5, 5.41) is 0. The molecule has 0 aliphatic carbocycles. The van der Waals surface area contributed by atoms with Gasteiger partial charge in [-0.3, -0.25) is 4.79 Å². The monoisotopic (exact) mass is 315 g/mol. The van der Waals surface area contributed by atoms with Crippen molar-refractivity contribution in [3.63, 3.8) is 0 Å². The van der Waals surface area contributed by atoms with Gasteiger partial charge in [-0.2, -0.15) is 0 Å². The average molecular weight is 315 g/mol. The molecule has 1 aromatic rings. The minimum absolute atomic E-state index is 0.0279. The summed E-state index contributed by atoms with van der Waals surface area (Å²) in [6.45, 7) is 6.95. The van der Waals surface area contributed by atoms with Crippen LogP contribution < -0.4 is 0 Å². The molecule has 1 aromatic carbocycles. The van der Waals surface area contributed by atoms with E-state index in [1.54, 1.807) is 11.0 Å². The lowest BCUT2D eigenvalue weighted by Gasteiger charge is -2.32. The Morgan fingerprint density at radius 1 is 1.13 bits per heavy atom. The SMILES string of the molecule is CC(C)(C)OC(=O)N1CCC(/C=C/C(=O)c2ccccc2)CC1. The number of hydrogen-bond donors (Lipinski definition) is 0. The molecular weight excluding hydrogens is 290 g/mol. The molecule has 0 N–H and O–H groups in total. The molecule has 4 nitrogen and oxygen atoms in total. The quantitative estimate of drug-likeness (QED) is 0.624. The number of rotatable bonds is 3. The third kappa shape index (κ3) is 5.55. The maximum absolute atomic E-state index is 12.0. The van der Waals surface area contributed by atoms with Crippen molar-refractivity contribution in [1.29, 1.82) is 0 Å². The van der Waals surface area contributed by atoms with Crippen LogP contribution in [0.5, 0.6) is 0 Å². The second-order valence-corrected chi connectivity index (χ2v) is 6.89. The fraction of sp³-hybridized carbons (Fsp3) is 0.474. The lowest BCUT2D eigenvalue weighted by atomic mass is 9.95. The van der Waals surface area contributed by atoms with Gasteiger partial charge in [0.25, 0.3) is 0 Å². The molecule has 0 spiro atoms. The molecule has 0 aromatic heterocycles. The topological polar surface area (TPSA) is 46.6 Å². The second-order valence-electron chi connectivity index (χ2n) is 6.89. The number of piperidine rings is 1. The zero-order valence-corrected chi connectivity index (χ0v) is 14.1. The van der Waals surface area contributed by atoms with E-state index >= 15 is 0 Å². The van der Waals surface area contributed by atoms with Gasteiger partial charge in [0.05, 0.1) is 0 Å². The first-order chi connectivity index (χ1) is 10.8. The van der Waals surface area contributed by atoms with Crippen molar-refractivity contribution < 1.29 is 14.3 Å².